The lowest BCUT2D eigenvalue weighted by atomic mass is 9.63. The number of hydrogen-bond donors (Lipinski definition) is 1. The topological polar surface area (TPSA) is 126 Å². The Morgan fingerprint density at radius 3 is 2.71 bits per heavy atom. The molecule has 1 spiro atoms. The SMILES string of the molecule is C[C@@H]([C@@H]1CCCN1C)n1ncc2c(N3CCCC(F)(F)C3)nc(-c3noc4c3CCC[C@@]43CCCc4sc(N)c(C#N)c43)nc21. The Kier molecular flexibility index (Phi) is 6.69. The number of aromatic nitrogens is 5. The number of alkyl halides is 2. The van der Waals surface area contributed by atoms with E-state index in [0.717, 1.165) is 79.7 Å². The van der Waals surface area contributed by atoms with E-state index in [0.29, 0.717) is 57.9 Å². The summed E-state index contributed by atoms with van der Waals surface area (Å²) in [5.41, 5.74) is 9.53. The van der Waals surface area contributed by atoms with Crippen molar-refractivity contribution < 1.29 is 13.3 Å². The maximum atomic E-state index is 14.7. The van der Waals surface area contributed by atoms with E-state index in [1.54, 1.807) is 11.1 Å². The van der Waals surface area contributed by atoms with Crippen LogP contribution >= 0.6 is 11.3 Å². The van der Waals surface area contributed by atoms with Gasteiger partial charge in [-0.15, -0.1) is 11.3 Å². The molecule has 4 aromatic heterocycles. The molecule has 0 saturated carbocycles. The first-order valence-electron chi connectivity index (χ1n) is 16.1. The van der Waals surface area contributed by atoms with E-state index in [1.165, 1.54) is 11.3 Å². The third kappa shape index (κ3) is 4.39. The molecule has 8 rings (SSSR count). The van der Waals surface area contributed by atoms with Gasteiger partial charge in [-0.05, 0) is 83.9 Å². The van der Waals surface area contributed by atoms with Crippen LogP contribution in [0.15, 0.2) is 10.7 Å². The monoisotopic (exact) mass is 633 g/mol. The van der Waals surface area contributed by atoms with Crippen molar-refractivity contribution in [3.05, 3.63) is 33.5 Å². The number of likely N-dealkylation sites (tertiary alicyclic amines) is 1. The van der Waals surface area contributed by atoms with Gasteiger partial charge in [0, 0.05) is 29.4 Å². The first kappa shape index (κ1) is 28.8. The van der Waals surface area contributed by atoms with E-state index in [4.69, 9.17) is 25.3 Å². The number of nitrogens with two attached hydrogens (primary N) is 1. The zero-order valence-corrected chi connectivity index (χ0v) is 26.5. The van der Waals surface area contributed by atoms with Crippen molar-refractivity contribution >= 4 is 33.2 Å². The fourth-order valence-electron chi connectivity index (χ4n) is 8.63. The van der Waals surface area contributed by atoms with Gasteiger partial charge in [-0.1, -0.05) is 5.16 Å². The summed E-state index contributed by atoms with van der Waals surface area (Å²) in [5.74, 6) is -1.20. The first-order chi connectivity index (χ1) is 21.7. The molecule has 2 aliphatic heterocycles. The largest absolute Gasteiger partial charge is 0.389 e. The summed E-state index contributed by atoms with van der Waals surface area (Å²) in [4.78, 5) is 15.2. The Labute approximate surface area is 264 Å². The minimum Gasteiger partial charge on any atom is -0.389 e. The summed E-state index contributed by atoms with van der Waals surface area (Å²) < 4.78 is 37.7. The Morgan fingerprint density at radius 2 is 1.96 bits per heavy atom. The quantitative estimate of drug-likeness (QED) is 0.295. The number of anilines is 2. The number of nitriles is 1. The molecule has 2 saturated heterocycles. The Balaban J connectivity index is 1.30. The molecule has 0 unspecified atom stereocenters. The molecule has 0 aromatic carbocycles. The Morgan fingerprint density at radius 1 is 1.13 bits per heavy atom. The predicted molar refractivity (Wildman–Crippen MR) is 168 cm³/mol. The lowest BCUT2D eigenvalue weighted by Gasteiger charge is -2.39. The highest BCUT2D eigenvalue weighted by molar-refractivity contribution is 7.16. The molecule has 0 radical (unpaired) electrons. The Bertz CT molecular complexity index is 1840. The van der Waals surface area contributed by atoms with E-state index in [-0.39, 0.29) is 12.5 Å². The van der Waals surface area contributed by atoms with E-state index < -0.39 is 17.9 Å². The third-order valence-electron chi connectivity index (χ3n) is 10.7. The molecular weight excluding hydrogens is 596 g/mol. The summed E-state index contributed by atoms with van der Waals surface area (Å²) in [6.07, 6.45) is 9.33. The van der Waals surface area contributed by atoms with Crippen molar-refractivity contribution in [2.75, 3.05) is 37.3 Å². The van der Waals surface area contributed by atoms with Crippen LogP contribution in [-0.2, 0) is 18.3 Å². The highest BCUT2D eigenvalue weighted by Crippen LogP contribution is 2.55. The summed E-state index contributed by atoms with van der Waals surface area (Å²) >= 11 is 1.51. The standard InChI is InChI=1S/C32H37F2N9OS/c1-18(22-8-5-13-41(22)2)43-30-21(16-37-43)29(42-14-6-12-32(33,34)17-42)38-28(39-30)25-19-7-3-10-31(26(19)44-40-25)11-4-9-23-24(31)20(15-35)27(36)45-23/h16,18,22H,3-14,17,36H2,1-2H3/t18-,22-,31-/m0/s1. The molecule has 2 aliphatic carbocycles. The molecule has 6 heterocycles. The number of nitrogens with zero attached hydrogens (tertiary/aromatic N) is 8. The van der Waals surface area contributed by atoms with E-state index in [1.807, 2.05) is 4.68 Å². The number of fused-ring (bicyclic) bond motifs is 5. The fraction of sp³-hybridized carbons (Fsp3) is 0.594. The van der Waals surface area contributed by atoms with Crippen LogP contribution in [-0.4, -0.2) is 68.5 Å². The van der Waals surface area contributed by atoms with Gasteiger partial charge in [0.15, 0.2) is 22.9 Å². The van der Waals surface area contributed by atoms with Crippen molar-refractivity contribution in [1.82, 2.24) is 29.8 Å². The molecule has 4 aliphatic rings. The van der Waals surface area contributed by atoms with Crippen molar-refractivity contribution in [3.63, 3.8) is 0 Å². The van der Waals surface area contributed by atoms with Gasteiger partial charge < -0.3 is 20.1 Å². The number of hydrogen-bond acceptors (Lipinski definition) is 10. The van der Waals surface area contributed by atoms with Crippen LogP contribution in [0.1, 0.15) is 91.7 Å². The van der Waals surface area contributed by atoms with E-state index >= 15 is 0 Å². The molecule has 10 nitrogen and oxygen atoms in total. The average Bonchev–Trinajstić information content (AvgIpc) is 3.81. The minimum absolute atomic E-state index is 0.0250. The molecule has 2 N–H and O–H groups in total. The van der Waals surface area contributed by atoms with Gasteiger partial charge in [0.2, 0.25) is 0 Å². The highest BCUT2D eigenvalue weighted by atomic mass is 32.1. The number of rotatable bonds is 4. The van der Waals surface area contributed by atoms with Crippen LogP contribution in [0, 0.1) is 11.3 Å². The van der Waals surface area contributed by atoms with E-state index in [9.17, 15) is 14.0 Å². The van der Waals surface area contributed by atoms with Crippen molar-refractivity contribution in [2.24, 2.45) is 0 Å². The smallest absolute Gasteiger partial charge is 0.265 e. The second-order valence-electron chi connectivity index (χ2n) is 13.4. The van der Waals surface area contributed by atoms with Crippen LogP contribution in [0.5, 0.6) is 0 Å². The molecular formula is C32H37F2N9OS. The van der Waals surface area contributed by atoms with Gasteiger partial charge in [-0.3, -0.25) is 0 Å². The molecule has 45 heavy (non-hydrogen) atoms. The zero-order chi connectivity index (χ0) is 31.1. The van der Waals surface area contributed by atoms with Crippen LogP contribution < -0.4 is 10.6 Å². The minimum atomic E-state index is -2.80. The van der Waals surface area contributed by atoms with Crippen LogP contribution in [0.3, 0.4) is 0 Å². The molecule has 0 bridgehead atoms. The molecule has 236 valence electrons. The zero-order valence-electron chi connectivity index (χ0n) is 25.7. The molecule has 13 heteroatoms. The number of aryl methyl sites for hydroxylation is 1. The second kappa shape index (κ2) is 10.5. The van der Waals surface area contributed by atoms with Gasteiger partial charge in [0.05, 0.1) is 35.1 Å². The summed E-state index contributed by atoms with van der Waals surface area (Å²) in [6.45, 7) is 3.26. The molecule has 3 atom stereocenters. The summed E-state index contributed by atoms with van der Waals surface area (Å²) in [7, 11) is 2.13. The van der Waals surface area contributed by atoms with Crippen LogP contribution in [0.2, 0.25) is 0 Å². The number of halogens is 2. The molecule has 0 amide bonds. The molecule has 4 aromatic rings. The Hall–Kier alpha value is -3.63. The summed E-state index contributed by atoms with van der Waals surface area (Å²) in [6, 6.07) is 2.69. The van der Waals surface area contributed by atoms with Crippen molar-refractivity contribution in [2.45, 2.75) is 94.6 Å². The van der Waals surface area contributed by atoms with Gasteiger partial charge in [-0.2, -0.15) is 10.4 Å². The normalized spacial score (nSPS) is 25.4. The predicted octanol–water partition coefficient (Wildman–Crippen LogP) is 5.85. The number of nitrogen functional groups attached to an aromatic ring is 1. The highest BCUT2D eigenvalue weighted by Gasteiger charge is 2.49. The number of likely N-dealkylation sites (N-methyl/N-ethyl adjacent to an activating group) is 1. The second-order valence-corrected chi connectivity index (χ2v) is 14.5. The number of thiophene rings is 1. The third-order valence-corrected chi connectivity index (χ3v) is 11.8. The van der Waals surface area contributed by atoms with Gasteiger partial charge >= 0.3 is 0 Å². The van der Waals surface area contributed by atoms with Gasteiger partial charge in [0.25, 0.3) is 5.92 Å². The maximum Gasteiger partial charge on any atom is 0.265 e. The first-order valence-corrected chi connectivity index (χ1v) is 16.9. The van der Waals surface area contributed by atoms with Crippen LogP contribution in [0.25, 0.3) is 22.6 Å². The van der Waals surface area contributed by atoms with Crippen molar-refractivity contribution in [1.29, 1.82) is 5.26 Å². The fourth-order valence-corrected chi connectivity index (χ4v) is 9.79. The lowest BCUT2D eigenvalue weighted by molar-refractivity contribution is -0.0117. The molecule has 2 fully saturated rings. The lowest BCUT2D eigenvalue weighted by Crippen LogP contribution is -2.43. The summed E-state index contributed by atoms with van der Waals surface area (Å²) in [5, 5.41) is 20.7. The maximum absolute atomic E-state index is 14.7. The van der Waals surface area contributed by atoms with Crippen molar-refractivity contribution in [3.8, 4) is 17.6 Å². The van der Waals surface area contributed by atoms with Crippen LogP contribution in [0.4, 0.5) is 19.6 Å². The average molecular weight is 634 g/mol. The number of piperidine rings is 1. The van der Waals surface area contributed by atoms with Gasteiger partial charge in [0.1, 0.15) is 16.9 Å². The van der Waals surface area contributed by atoms with E-state index in [2.05, 4.69) is 30.1 Å². The van der Waals surface area contributed by atoms with Gasteiger partial charge in [-0.25, -0.2) is 23.4 Å².